The molecule has 2 aromatic carbocycles. The molecule has 0 radical (unpaired) electrons. The van der Waals surface area contributed by atoms with Crippen LogP contribution in [0.25, 0.3) is 21.5 Å². The smallest absolute Gasteiger partial charge is 0.294 e. The van der Waals surface area contributed by atoms with Gasteiger partial charge >= 0.3 is 0 Å². The van der Waals surface area contributed by atoms with Gasteiger partial charge in [0.2, 0.25) is 5.91 Å². The summed E-state index contributed by atoms with van der Waals surface area (Å²) in [5.74, 6) is -0.936. The van der Waals surface area contributed by atoms with E-state index in [1.807, 2.05) is 31.2 Å². The Morgan fingerprint density at radius 2 is 1.97 bits per heavy atom. The number of aryl methyl sites for hydroxylation is 2. The minimum absolute atomic E-state index is 0.292. The quantitative estimate of drug-likeness (QED) is 0.524. The Morgan fingerprint density at radius 1 is 1.20 bits per heavy atom. The van der Waals surface area contributed by atoms with E-state index < -0.39 is 17.3 Å². The largest absolute Gasteiger partial charge is 0.324 e. The first kappa shape index (κ1) is 19.9. The molecule has 0 fully saturated rings. The number of halogens is 1. The Bertz CT molecular complexity index is 1290. The summed E-state index contributed by atoms with van der Waals surface area (Å²) in [6.07, 6.45) is 0.919. The number of carbonyl (C=O) groups excluding carboxylic acids is 1. The van der Waals surface area contributed by atoms with Crippen LogP contribution < -0.4 is 10.9 Å². The van der Waals surface area contributed by atoms with Gasteiger partial charge in [-0.1, -0.05) is 37.3 Å². The molecule has 0 saturated carbocycles. The fourth-order valence-electron chi connectivity index (χ4n) is 3.16. The van der Waals surface area contributed by atoms with Crippen LogP contribution in [0.4, 0.5) is 10.1 Å². The maximum absolute atomic E-state index is 13.4. The van der Waals surface area contributed by atoms with Crippen molar-refractivity contribution in [2.45, 2.75) is 26.8 Å². The molecule has 1 amide bonds. The second-order valence-corrected chi connectivity index (χ2v) is 8.03. The van der Waals surface area contributed by atoms with E-state index in [9.17, 15) is 14.0 Å². The van der Waals surface area contributed by atoms with Crippen LogP contribution in [-0.4, -0.2) is 20.7 Å². The number of fused-ring (bicyclic) bond motifs is 1. The highest BCUT2D eigenvalue weighted by Crippen LogP contribution is 2.29. The fourth-order valence-corrected chi connectivity index (χ4v) is 4.08. The molecule has 1 N–H and O–H groups in total. The number of nitrogens with zero attached hydrogens (tertiary/aromatic N) is 3. The summed E-state index contributed by atoms with van der Waals surface area (Å²) in [6.45, 7) is 3.60. The Balaban J connectivity index is 1.73. The number of rotatable bonds is 5. The zero-order chi connectivity index (χ0) is 21.3. The van der Waals surface area contributed by atoms with Crippen LogP contribution in [0.15, 0.2) is 53.3 Å². The monoisotopic (exact) mass is 422 g/mol. The second-order valence-electron chi connectivity index (χ2n) is 6.83. The summed E-state index contributed by atoms with van der Waals surface area (Å²) >= 11 is 1.40. The fraction of sp³-hybridized carbons (Fsp3) is 0.182. The number of benzene rings is 2. The molecular weight excluding hydrogens is 403 g/mol. The first-order chi connectivity index (χ1) is 14.4. The van der Waals surface area contributed by atoms with E-state index >= 15 is 0 Å². The van der Waals surface area contributed by atoms with Gasteiger partial charge in [0.25, 0.3) is 5.56 Å². The predicted octanol–water partition coefficient (Wildman–Crippen LogP) is 4.17. The molecular formula is C22H19FN4O2S. The minimum Gasteiger partial charge on any atom is -0.324 e. The third-order valence-corrected chi connectivity index (χ3v) is 5.62. The predicted molar refractivity (Wildman–Crippen MR) is 116 cm³/mol. The SMILES string of the molecule is CCc1ccc(-c2nn(CC(=O)Nc3cccc(F)c3)c(=O)c3nc(C)sc23)cc1. The molecule has 0 bridgehead atoms. The van der Waals surface area contributed by atoms with Crippen molar-refractivity contribution in [2.75, 3.05) is 5.32 Å². The molecule has 8 heteroatoms. The summed E-state index contributed by atoms with van der Waals surface area (Å²) in [6, 6.07) is 13.5. The van der Waals surface area contributed by atoms with Gasteiger partial charge in [-0.25, -0.2) is 14.1 Å². The molecule has 152 valence electrons. The molecule has 0 atom stereocenters. The maximum atomic E-state index is 13.4. The molecule has 0 aliphatic carbocycles. The normalized spacial score (nSPS) is 11.0. The first-order valence-corrected chi connectivity index (χ1v) is 10.3. The topological polar surface area (TPSA) is 76.9 Å². The molecule has 4 aromatic rings. The standard InChI is InChI=1S/C22H19FN4O2S/c1-3-14-7-9-15(10-8-14)19-21-20(24-13(2)30-21)22(29)27(26-19)12-18(28)25-17-6-4-5-16(23)11-17/h4-11H,3,12H2,1-2H3,(H,25,28). The highest BCUT2D eigenvalue weighted by Gasteiger charge is 2.18. The lowest BCUT2D eigenvalue weighted by molar-refractivity contribution is -0.117. The van der Waals surface area contributed by atoms with Crippen LogP contribution in [0, 0.1) is 12.7 Å². The summed E-state index contributed by atoms with van der Waals surface area (Å²) in [4.78, 5) is 29.7. The molecule has 2 aromatic heterocycles. The van der Waals surface area contributed by atoms with Crippen LogP contribution in [0.2, 0.25) is 0 Å². The van der Waals surface area contributed by atoms with Crippen molar-refractivity contribution >= 4 is 33.1 Å². The number of hydrogen-bond acceptors (Lipinski definition) is 5. The first-order valence-electron chi connectivity index (χ1n) is 9.47. The average molecular weight is 422 g/mol. The number of amides is 1. The lowest BCUT2D eigenvalue weighted by Gasteiger charge is -2.10. The van der Waals surface area contributed by atoms with Crippen LogP contribution >= 0.6 is 11.3 Å². The van der Waals surface area contributed by atoms with Gasteiger partial charge in [-0.2, -0.15) is 5.10 Å². The van der Waals surface area contributed by atoms with Crippen molar-refractivity contribution in [2.24, 2.45) is 0 Å². The molecule has 2 heterocycles. The van der Waals surface area contributed by atoms with Crippen molar-refractivity contribution < 1.29 is 9.18 Å². The zero-order valence-electron chi connectivity index (χ0n) is 16.5. The molecule has 0 spiro atoms. The maximum Gasteiger partial charge on any atom is 0.294 e. The van der Waals surface area contributed by atoms with E-state index in [2.05, 4.69) is 22.3 Å². The lowest BCUT2D eigenvalue weighted by Crippen LogP contribution is -2.30. The summed E-state index contributed by atoms with van der Waals surface area (Å²) in [5, 5.41) is 7.82. The summed E-state index contributed by atoms with van der Waals surface area (Å²) in [5.41, 5.74) is 2.82. The van der Waals surface area contributed by atoms with Gasteiger partial charge in [0.15, 0.2) is 5.52 Å². The van der Waals surface area contributed by atoms with Gasteiger partial charge in [0.05, 0.1) is 9.71 Å². The van der Waals surface area contributed by atoms with Gasteiger partial charge in [-0.05, 0) is 37.1 Å². The number of nitrogens with one attached hydrogen (secondary N) is 1. The van der Waals surface area contributed by atoms with Crippen molar-refractivity contribution in [1.29, 1.82) is 0 Å². The van der Waals surface area contributed by atoms with Gasteiger partial charge in [-0.15, -0.1) is 11.3 Å². The Labute approximate surface area is 176 Å². The van der Waals surface area contributed by atoms with E-state index in [0.29, 0.717) is 21.6 Å². The molecule has 0 unspecified atom stereocenters. The van der Waals surface area contributed by atoms with E-state index in [0.717, 1.165) is 21.7 Å². The van der Waals surface area contributed by atoms with Crippen LogP contribution in [0.3, 0.4) is 0 Å². The van der Waals surface area contributed by atoms with Gasteiger partial charge in [0.1, 0.15) is 18.1 Å². The van der Waals surface area contributed by atoms with Crippen molar-refractivity contribution in [3.05, 3.63) is 75.3 Å². The lowest BCUT2D eigenvalue weighted by atomic mass is 10.1. The Hall–Kier alpha value is -3.39. The average Bonchev–Trinajstić information content (AvgIpc) is 3.12. The molecule has 0 aliphatic rings. The third-order valence-electron chi connectivity index (χ3n) is 4.64. The zero-order valence-corrected chi connectivity index (χ0v) is 17.3. The number of thiazole rings is 1. The van der Waals surface area contributed by atoms with Gasteiger partial charge < -0.3 is 5.32 Å². The number of aromatic nitrogens is 3. The van der Waals surface area contributed by atoms with Crippen LogP contribution in [0.5, 0.6) is 0 Å². The number of anilines is 1. The van der Waals surface area contributed by atoms with Crippen molar-refractivity contribution in [1.82, 2.24) is 14.8 Å². The van der Waals surface area contributed by atoms with Crippen LogP contribution in [-0.2, 0) is 17.8 Å². The van der Waals surface area contributed by atoms with Crippen LogP contribution in [0.1, 0.15) is 17.5 Å². The molecule has 0 saturated heterocycles. The Kier molecular flexibility index (Phi) is 5.41. The molecule has 0 aliphatic heterocycles. The van der Waals surface area contributed by atoms with Gasteiger partial charge in [-0.3, -0.25) is 9.59 Å². The highest BCUT2D eigenvalue weighted by atomic mass is 32.1. The summed E-state index contributed by atoms with van der Waals surface area (Å²) < 4.78 is 15.2. The second kappa shape index (κ2) is 8.16. The number of hydrogen-bond donors (Lipinski definition) is 1. The van der Waals surface area contributed by atoms with Crippen molar-refractivity contribution in [3.8, 4) is 11.3 Å². The molecule has 4 rings (SSSR count). The molecule has 30 heavy (non-hydrogen) atoms. The van der Waals surface area contributed by atoms with E-state index in [1.54, 1.807) is 6.07 Å². The number of carbonyl (C=O) groups is 1. The van der Waals surface area contributed by atoms with E-state index in [4.69, 9.17) is 0 Å². The Morgan fingerprint density at radius 3 is 2.67 bits per heavy atom. The summed E-state index contributed by atoms with van der Waals surface area (Å²) in [7, 11) is 0. The highest BCUT2D eigenvalue weighted by molar-refractivity contribution is 7.19. The van der Waals surface area contributed by atoms with E-state index in [1.165, 1.54) is 35.1 Å². The minimum atomic E-state index is -0.478. The molecule has 6 nitrogen and oxygen atoms in total. The van der Waals surface area contributed by atoms with Crippen molar-refractivity contribution in [3.63, 3.8) is 0 Å². The third kappa shape index (κ3) is 3.99. The van der Waals surface area contributed by atoms with Gasteiger partial charge in [0, 0.05) is 11.3 Å². The van der Waals surface area contributed by atoms with E-state index in [-0.39, 0.29) is 6.54 Å².